The molecule has 3 aromatic carbocycles. The number of fused-ring (bicyclic) bond motifs is 1. The highest BCUT2D eigenvalue weighted by Gasteiger charge is 2.35. The number of aliphatic imine (C=N–C) groups is 1. The van der Waals surface area contributed by atoms with E-state index < -0.39 is 11.9 Å². The van der Waals surface area contributed by atoms with Crippen molar-refractivity contribution in [3.63, 3.8) is 0 Å². The van der Waals surface area contributed by atoms with Crippen LogP contribution in [0.15, 0.2) is 76.2 Å². The SMILES string of the molecule is CNCCCN(C(C)=O)c1ccc(N=C(c2ccc(CCC(=O)O)cc2)C2C(=O)Nc3cc(Br)ccc32)cc1. The van der Waals surface area contributed by atoms with Crippen LogP contribution >= 0.6 is 15.9 Å². The van der Waals surface area contributed by atoms with Crippen LogP contribution in [0.2, 0.25) is 0 Å². The molecule has 9 heteroatoms. The van der Waals surface area contributed by atoms with Gasteiger partial charge in [0.25, 0.3) is 0 Å². The van der Waals surface area contributed by atoms with Crippen LogP contribution in [0.4, 0.5) is 17.1 Å². The van der Waals surface area contributed by atoms with E-state index in [1.165, 1.54) is 0 Å². The maximum Gasteiger partial charge on any atom is 0.303 e. The van der Waals surface area contributed by atoms with E-state index in [4.69, 9.17) is 10.1 Å². The fraction of sp³-hybridized carbons (Fsp3) is 0.267. The van der Waals surface area contributed by atoms with Crippen LogP contribution in [0.5, 0.6) is 0 Å². The third-order valence-electron chi connectivity index (χ3n) is 6.60. The van der Waals surface area contributed by atoms with Gasteiger partial charge in [0.15, 0.2) is 0 Å². The Morgan fingerprint density at radius 1 is 1.08 bits per heavy atom. The standard InChI is InChI=1S/C30H31BrN4O4/c1-19(36)35(17-3-16-32-2)24-12-10-23(11-13-24)33-29(21-7-4-20(5-8-21)6-15-27(37)38)28-25-14-9-22(31)18-26(25)34-30(28)39/h4-5,7-14,18,28,32H,3,6,15-17H2,1-2H3,(H,34,39)(H,37,38). The monoisotopic (exact) mass is 590 g/mol. The van der Waals surface area contributed by atoms with E-state index in [-0.39, 0.29) is 18.2 Å². The number of hydrogen-bond acceptors (Lipinski definition) is 5. The summed E-state index contributed by atoms with van der Waals surface area (Å²) in [6.07, 6.45) is 1.30. The van der Waals surface area contributed by atoms with Gasteiger partial charge in [0.1, 0.15) is 5.92 Å². The Kier molecular flexibility index (Phi) is 9.27. The number of nitrogens with zero attached hydrogens (tertiary/aromatic N) is 2. The molecule has 0 radical (unpaired) electrons. The number of amides is 2. The molecule has 0 bridgehead atoms. The zero-order valence-corrected chi connectivity index (χ0v) is 23.5. The van der Waals surface area contributed by atoms with Gasteiger partial charge < -0.3 is 20.6 Å². The average molecular weight is 592 g/mol. The Bertz CT molecular complexity index is 1390. The summed E-state index contributed by atoms with van der Waals surface area (Å²) in [6.45, 7) is 2.97. The van der Waals surface area contributed by atoms with Crippen molar-refractivity contribution in [2.75, 3.05) is 30.4 Å². The topological polar surface area (TPSA) is 111 Å². The second-order valence-electron chi connectivity index (χ2n) is 9.39. The smallest absolute Gasteiger partial charge is 0.303 e. The molecule has 39 heavy (non-hydrogen) atoms. The maximum absolute atomic E-state index is 13.2. The zero-order valence-electron chi connectivity index (χ0n) is 21.9. The van der Waals surface area contributed by atoms with Crippen LogP contribution in [0, 0.1) is 0 Å². The number of rotatable bonds is 11. The molecule has 0 saturated heterocycles. The lowest BCUT2D eigenvalue weighted by molar-refractivity contribution is -0.137. The summed E-state index contributed by atoms with van der Waals surface area (Å²) in [4.78, 5) is 43.1. The maximum atomic E-state index is 13.2. The quantitative estimate of drug-likeness (QED) is 0.208. The predicted molar refractivity (Wildman–Crippen MR) is 157 cm³/mol. The Balaban J connectivity index is 1.70. The lowest BCUT2D eigenvalue weighted by Gasteiger charge is -2.21. The van der Waals surface area contributed by atoms with Crippen molar-refractivity contribution >= 4 is 56.5 Å². The summed E-state index contributed by atoms with van der Waals surface area (Å²) in [5, 5.41) is 15.1. The van der Waals surface area contributed by atoms with Crippen molar-refractivity contribution in [2.45, 2.75) is 32.1 Å². The number of anilines is 2. The number of carboxylic acids is 1. The third kappa shape index (κ3) is 6.99. The van der Waals surface area contributed by atoms with Crippen LogP contribution in [0.25, 0.3) is 0 Å². The first kappa shape index (κ1) is 28.2. The molecule has 8 nitrogen and oxygen atoms in total. The summed E-state index contributed by atoms with van der Waals surface area (Å²) < 4.78 is 0.865. The van der Waals surface area contributed by atoms with Gasteiger partial charge in [0, 0.05) is 35.7 Å². The molecule has 1 aliphatic heterocycles. The largest absolute Gasteiger partial charge is 0.481 e. The van der Waals surface area contributed by atoms with Gasteiger partial charge in [-0.2, -0.15) is 0 Å². The molecule has 1 aliphatic rings. The highest BCUT2D eigenvalue weighted by atomic mass is 79.9. The molecule has 1 heterocycles. The lowest BCUT2D eigenvalue weighted by atomic mass is 9.90. The Hall–Kier alpha value is -3.82. The molecule has 202 valence electrons. The first-order chi connectivity index (χ1) is 18.8. The molecule has 2 amide bonds. The van der Waals surface area contributed by atoms with E-state index in [1.807, 2.05) is 73.8 Å². The summed E-state index contributed by atoms with van der Waals surface area (Å²) >= 11 is 3.47. The highest BCUT2D eigenvalue weighted by molar-refractivity contribution is 9.10. The molecule has 3 N–H and O–H groups in total. The molecular formula is C30H31BrN4O4. The number of aryl methyl sites for hydroxylation is 1. The molecule has 1 atom stereocenters. The van der Waals surface area contributed by atoms with E-state index in [9.17, 15) is 14.4 Å². The van der Waals surface area contributed by atoms with Crippen molar-refractivity contribution in [3.05, 3.63) is 87.9 Å². The predicted octanol–water partition coefficient (Wildman–Crippen LogP) is 5.29. The molecule has 4 rings (SSSR count). The average Bonchev–Trinajstić information content (AvgIpc) is 3.23. The highest BCUT2D eigenvalue weighted by Crippen LogP contribution is 2.38. The second-order valence-corrected chi connectivity index (χ2v) is 10.3. The van der Waals surface area contributed by atoms with Crippen LogP contribution in [-0.2, 0) is 20.8 Å². The van der Waals surface area contributed by atoms with Crippen LogP contribution in [0.1, 0.15) is 42.4 Å². The van der Waals surface area contributed by atoms with Crippen molar-refractivity contribution in [1.29, 1.82) is 0 Å². The molecular weight excluding hydrogens is 560 g/mol. The first-order valence-electron chi connectivity index (χ1n) is 12.8. The zero-order chi connectivity index (χ0) is 27.9. The van der Waals surface area contributed by atoms with Gasteiger partial charge in [-0.25, -0.2) is 0 Å². The number of carbonyl (C=O) groups excluding carboxylic acids is 2. The van der Waals surface area contributed by atoms with Gasteiger partial charge in [-0.1, -0.05) is 46.3 Å². The first-order valence-corrected chi connectivity index (χ1v) is 13.6. The van der Waals surface area contributed by atoms with Gasteiger partial charge in [0.2, 0.25) is 11.8 Å². The van der Waals surface area contributed by atoms with E-state index in [2.05, 4.69) is 26.6 Å². The molecule has 1 unspecified atom stereocenters. The molecule has 3 aromatic rings. The number of hydrogen-bond donors (Lipinski definition) is 3. The number of nitrogens with one attached hydrogen (secondary N) is 2. The van der Waals surface area contributed by atoms with Crippen molar-refractivity contribution in [1.82, 2.24) is 5.32 Å². The molecule has 0 fully saturated rings. The summed E-state index contributed by atoms with van der Waals surface area (Å²) in [5.74, 6) is -1.66. The number of carboxylic acid groups (broad SMARTS) is 1. The number of halogens is 1. The van der Waals surface area contributed by atoms with Crippen LogP contribution < -0.4 is 15.5 Å². The molecule has 0 saturated carbocycles. The van der Waals surface area contributed by atoms with Crippen LogP contribution in [0.3, 0.4) is 0 Å². The minimum Gasteiger partial charge on any atom is -0.481 e. The number of aliphatic carboxylic acids is 1. The lowest BCUT2D eigenvalue weighted by Crippen LogP contribution is -2.31. The second kappa shape index (κ2) is 12.8. The summed E-state index contributed by atoms with van der Waals surface area (Å²) in [6, 6.07) is 20.6. The summed E-state index contributed by atoms with van der Waals surface area (Å²) in [5.41, 5.74) is 5.26. The number of carbonyl (C=O) groups is 3. The van der Waals surface area contributed by atoms with Gasteiger partial charge in [-0.05, 0) is 79.5 Å². The van der Waals surface area contributed by atoms with E-state index in [1.54, 1.807) is 11.8 Å². The van der Waals surface area contributed by atoms with E-state index in [0.29, 0.717) is 24.4 Å². The normalized spacial score (nSPS) is 14.6. The Labute approximate surface area is 236 Å². The van der Waals surface area contributed by atoms with Gasteiger partial charge in [-0.15, -0.1) is 0 Å². The fourth-order valence-electron chi connectivity index (χ4n) is 4.62. The third-order valence-corrected chi connectivity index (χ3v) is 7.09. The van der Waals surface area contributed by atoms with Gasteiger partial charge in [-0.3, -0.25) is 19.4 Å². The van der Waals surface area contributed by atoms with Gasteiger partial charge in [0.05, 0.1) is 11.4 Å². The molecule has 0 aliphatic carbocycles. The Morgan fingerprint density at radius 3 is 2.44 bits per heavy atom. The minimum atomic E-state index is -0.847. The summed E-state index contributed by atoms with van der Waals surface area (Å²) in [7, 11) is 1.88. The van der Waals surface area contributed by atoms with E-state index >= 15 is 0 Å². The van der Waals surface area contributed by atoms with Crippen molar-refractivity contribution in [3.8, 4) is 0 Å². The van der Waals surface area contributed by atoms with Crippen molar-refractivity contribution in [2.24, 2.45) is 4.99 Å². The molecule has 0 aromatic heterocycles. The van der Waals surface area contributed by atoms with E-state index in [0.717, 1.165) is 45.5 Å². The Morgan fingerprint density at radius 2 is 1.79 bits per heavy atom. The minimum absolute atomic E-state index is 0.0311. The molecule has 0 spiro atoms. The number of benzene rings is 3. The van der Waals surface area contributed by atoms with Gasteiger partial charge >= 0.3 is 5.97 Å². The van der Waals surface area contributed by atoms with Crippen LogP contribution in [-0.4, -0.2) is 48.7 Å². The van der Waals surface area contributed by atoms with Crippen molar-refractivity contribution < 1.29 is 19.5 Å². The fourth-order valence-corrected chi connectivity index (χ4v) is 4.98.